The number of para-hydroxylation sites is 1. The van der Waals surface area contributed by atoms with Crippen molar-refractivity contribution in [3.63, 3.8) is 0 Å². The van der Waals surface area contributed by atoms with Gasteiger partial charge in [-0.25, -0.2) is 0 Å². The number of nitrogens with one attached hydrogen (secondary N) is 1. The zero-order chi connectivity index (χ0) is 14.2. The van der Waals surface area contributed by atoms with Crippen LogP contribution in [0.3, 0.4) is 0 Å². The van der Waals surface area contributed by atoms with Gasteiger partial charge in [0, 0.05) is 16.8 Å². The summed E-state index contributed by atoms with van der Waals surface area (Å²) in [5, 5.41) is 8.62. The van der Waals surface area contributed by atoms with E-state index in [4.69, 9.17) is 14.9 Å². The number of anilines is 1. The minimum atomic E-state index is 0.210. The molecule has 2 aromatic carbocycles. The Morgan fingerprint density at radius 1 is 1.10 bits per heavy atom. The summed E-state index contributed by atoms with van der Waals surface area (Å²) in [5.41, 5.74) is 7.11. The molecule has 4 aromatic rings. The lowest BCUT2D eigenvalue weighted by Gasteiger charge is -2.03. The SMILES string of the molecule is Nc1n[nH]c(COc2ccc3c(c2)oc2ccccc23)n1. The number of ether oxygens (including phenoxy) is 1. The number of rotatable bonds is 3. The molecule has 3 N–H and O–H groups in total. The number of fused-ring (bicyclic) bond motifs is 3. The highest BCUT2D eigenvalue weighted by molar-refractivity contribution is 6.05. The highest BCUT2D eigenvalue weighted by atomic mass is 16.5. The molecule has 0 atom stereocenters. The Bertz CT molecular complexity index is 926. The third-order valence-corrected chi connectivity index (χ3v) is 3.27. The summed E-state index contributed by atoms with van der Waals surface area (Å²) < 4.78 is 11.5. The summed E-state index contributed by atoms with van der Waals surface area (Å²) in [6.07, 6.45) is 0. The molecule has 0 radical (unpaired) electrons. The van der Waals surface area contributed by atoms with Gasteiger partial charge in [-0.05, 0) is 18.2 Å². The van der Waals surface area contributed by atoms with Crippen LogP contribution in [0.1, 0.15) is 5.82 Å². The molecule has 4 rings (SSSR count). The van der Waals surface area contributed by atoms with E-state index >= 15 is 0 Å². The number of furan rings is 1. The average Bonchev–Trinajstić information content (AvgIpc) is 3.07. The van der Waals surface area contributed by atoms with Crippen molar-refractivity contribution in [2.45, 2.75) is 6.61 Å². The second-order valence-electron chi connectivity index (χ2n) is 4.69. The summed E-state index contributed by atoms with van der Waals surface area (Å²) in [7, 11) is 0. The van der Waals surface area contributed by atoms with Crippen LogP contribution in [-0.2, 0) is 6.61 Å². The van der Waals surface area contributed by atoms with Gasteiger partial charge in [0.2, 0.25) is 5.95 Å². The van der Waals surface area contributed by atoms with Crippen LogP contribution in [0, 0.1) is 0 Å². The van der Waals surface area contributed by atoms with Crippen molar-refractivity contribution in [2.24, 2.45) is 0 Å². The monoisotopic (exact) mass is 280 g/mol. The van der Waals surface area contributed by atoms with E-state index in [1.807, 2.05) is 42.5 Å². The van der Waals surface area contributed by atoms with Crippen LogP contribution in [-0.4, -0.2) is 15.2 Å². The van der Waals surface area contributed by atoms with Crippen molar-refractivity contribution in [2.75, 3.05) is 5.73 Å². The highest BCUT2D eigenvalue weighted by Crippen LogP contribution is 2.31. The largest absolute Gasteiger partial charge is 0.485 e. The van der Waals surface area contributed by atoms with Gasteiger partial charge in [0.25, 0.3) is 0 Å². The van der Waals surface area contributed by atoms with E-state index in [0.717, 1.165) is 21.9 Å². The second-order valence-corrected chi connectivity index (χ2v) is 4.69. The van der Waals surface area contributed by atoms with Gasteiger partial charge in [0.1, 0.15) is 23.5 Å². The topological polar surface area (TPSA) is 90.0 Å². The molecule has 0 bridgehead atoms. The predicted molar refractivity (Wildman–Crippen MR) is 78.8 cm³/mol. The lowest BCUT2D eigenvalue weighted by atomic mass is 10.1. The van der Waals surface area contributed by atoms with E-state index in [1.54, 1.807) is 0 Å². The lowest BCUT2D eigenvalue weighted by Crippen LogP contribution is -1.97. The standard InChI is InChI=1S/C15H12N4O2/c16-15-17-14(18-19-15)8-20-9-5-6-11-10-3-1-2-4-12(10)21-13(11)7-9/h1-7H,8H2,(H3,16,17,18,19). The van der Waals surface area contributed by atoms with Gasteiger partial charge >= 0.3 is 0 Å². The van der Waals surface area contributed by atoms with Crippen molar-refractivity contribution < 1.29 is 9.15 Å². The molecule has 2 aromatic heterocycles. The zero-order valence-corrected chi connectivity index (χ0v) is 11.0. The molecule has 6 nitrogen and oxygen atoms in total. The molecular weight excluding hydrogens is 268 g/mol. The molecule has 0 saturated heterocycles. The number of nitrogens with two attached hydrogens (primary N) is 1. The number of hydrogen-bond acceptors (Lipinski definition) is 5. The number of hydrogen-bond donors (Lipinski definition) is 2. The molecule has 0 aliphatic carbocycles. The average molecular weight is 280 g/mol. The highest BCUT2D eigenvalue weighted by Gasteiger charge is 2.08. The van der Waals surface area contributed by atoms with E-state index in [9.17, 15) is 0 Å². The van der Waals surface area contributed by atoms with Crippen LogP contribution in [0.5, 0.6) is 5.75 Å². The van der Waals surface area contributed by atoms with Gasteiger partial charge in [-0.3, -0.25) is 5.10 Å². The molecule has 0 fully saturated rings. The Labute approximate surface area is 119 Å². The molecule has 0 aliphatic rings. The van der Waals surface area contributed by atoms with Crippen molar-refractivity contribution in [3.8, 4) is 5.75 Å². The Morgan fingerprint density at radius 3 is 2.81 bits per heavy atom. The first-order valence-corrected chi connectivity index (χ1v) is 6.50. The maximum Gasteiger partial charge on any atom is 0.239 e. The molecule has 0 aliphatic heterocycles. The molecule has 21 heavy (non-hydrogen) atoms. The predicted octanol–water partition coefficient (Wildman–Crippen LogP) is 2.87. The smallest absolute Gasteiger partial charge is 0.239 e. The number of aromatic nitrogens is 3. The Hall–Kier alpha value is -3.02. The minimum absolute atomic E-state index is 0.210. The summed E-state index contributed by atoms with van der Waals surface area (Å²) in [6, 6.07) is 13.7. The van der Waals surface area contributed by atoms with Crippen LogP contribution >= 0.6 is 0 Å². The number of aromatic amines is 1. The van der Waals surface area contributed by atoms with E-state index < -0.39 is 0 Å². The van der Waals surface area contributed by atoms with Crippen LogP contribution in [0.15, 0.2) is 46.9 Å². The van der Waals surface area contributed by atoms with E-state index in [1.165, 1.54) is 0 Å². The summed E-state index contributed by atoms with van der Waals surface area (Å²) >= 11 is 0. The molecule has 2 heterocycles. The second kappa shape index (κ2) is 4.52. The zero-order valence-electron chi connectivity index (χ0n) is 11.0. The van der Waals surface area contributed by atoms with Gasteiger partial charge in [0.15, 0.2) is 5.82 Å². The Balaban J connectivity index is 1.65. The molecule has 0 amide bonds. The number of nitrogen functional groups attached to an aromatic ring is 1. The van der Waals surface area contributed by atoms with Crippen molar-refractivity contribution >= 4 is 27.9 Å². The molecule has 6 heteroatoms. The van der Waals surface area contributed by atoms with Crippen molar-refractivity contribution in [3.05, 3.63) is 48.3 Å². The van der Waals surface area contributed by atoms with Gasteiger partial charge in [-0.1, -0.05) is 18.2 Å². The van der Waals surface area contributed by atoms with E-state index in [0.29, 0.717) is 11.6 Å². The number of nitrogens with zero attached hydrogens (tertiary/aromatic N) is 2. The van der Waals surface area contributed by atoms with Crippen LogP contribution in [0.25, 0.3) is 21.9 Å². The first kappa shape index (κ1) is 11.8. The van der Waals surface area contributed by atoms with E-state index in [2.05, 4.69) is 15.2 Å². The summed E-state index contributed by atoms with van der Waals surface area (Å²) in [6.45, 7) is 0.274. The fraction of sp³-hybridized carbons (Fsp3) is 0.0667. The van der Waals surface area contributed by atoms with Crippen molar-refractivity contribution in [1.29, 1.82) is 0 Å². The molecule has 104 valence electrons. The maximum absolute atomic E-state index is 5.81. The normalized spacial score (nSPS) is 11.2. The molecule has 0 saturated carbocycles. The van der Waals surface area contributed by atoms with Gasteiger partial charge in [0.05, 0.1) is 0 Å². The fourth-order valence-corrected chi connectivity index (χ4v) is 2.32. The van der Waals surface area contributed by atoms with Crippen molar-refractivity contribution in [1.82, 2.24) is 15.2 Å². The molecular formula is C15H12N4O2. The van der Waals surface area contributed by atoms with Crippen LogP contribution < -0.4 is 10.5 Å². The van der Waals surface area contributed by atoms with Gasteiger partial charge in [-0.15, -0.1) is 5.10 Å². The first-order chi connectivity index (χ1) is 10.3. The lowest BCUT2D eigenvalue weighted by molar-refractivity contribution is 0.296. The maximum atomic E-state index is 5.81. The first-order valence-electron chi connectivity index (χ1n) is 6.50. The van der Waals surface area contributed by atoms with E-state index in [-0.39, 0.29) is 12.6 Å². The number of benzene rings is 2. The summed E-state index contributed by atoms with van der Waals surface area (Å²) in [4.78, 5) is 3.99. The quantitative estimate of drug-likeness (QED) is 0.602. The molecule has 0 unspecified atom stereocenters. The molecule has 0 spiro atoms. The van der Waals surface area contributed by atoms with Gasteiger partial charge < -0.3 is 14.9 Å². The Kier molecular flexibility index (Phi) is 2.53. The Morgan fingerprint density at radius 2 is 1.95 bits per heavy atom. The van der Waals surface area contributed by atoms with Crippen LogP contribution in [0.2, 0.25) is 0 Å². The summed E-state index contributed by atoms with van der Waals surface area (Å²) in [5.74, 6) is 1.50. The number of H-pyrrole nitrogens is 1. The fourth-order valence-electron chi connectivity index (χ4n) is 2.32. The third kappa shape index (κ3) is 2.06. The van der Waals surface area contributed by atoms with Gasteiger partial charge in [-0.2, -0.15) is 4.98 Å². The minimum Gasteiger partial charge on any atom is -0.485 e. The van der Waals surface area contributed by atoms with Crippen LogP contribution in [0.4, 0.5) is 5.95 Å². The third-order valence-electron chi connectivity index (χ3n) is 3.27.